The molecule has 0 spiro atoms. The minimum Gasteiger partial charge on any atom is -0.406 e. The van der Waals surface area contributed by atoms with Crippen LogP contribution < -0.4 is 15.5 Å². The maximum Gasteiger partial charge on any atom is 0.573 e. The van der Waals surface area contributed by atoms with Crippen LogP contribution in [0.25, 0.3) is 0 Å². The number of hydrogen-bond donors (Lipinski definition) is 4. The number of benzene rings is 2. The van der Waals surface area contributed by atoms with Crippen LogP contribution in [0.5, 0.6) is 5.75 Å². The number of amides is 1. The van der Waals surface area contributed by atoms with E-state index in [9.17, 15) is 26.4 Å². The third kappa shape index (κ3) is 6.71. The first-order chi connectivity index (χ1) is 13.5. The first-order valence-electron chi connectivity index (χ1n) is 8.04. The first kappa shape index (κ1) is 22.6. The van der Waals surface area contributed by atoms with Crippen molar-refractivity contribution in [3.63, 3.8) is 0 Å². The number of ether oxygens (including phenoxy) is 1. The van der Waals surface area contributed by atoms with Crippen molar-refractivity contribution in [3.8, 4) is 5.75 Å². The second-order valence-electron chi connectivity index (χ2n) is 5.84. The summed E-state index contributed by atoms with van der Waals surface area (Å²) in [6, 6.07) is 8.34. The lowest BCUT2D eigenvalue weighted by Gasteiger charge is -2.13. The number of aliphatic hydroxyl groups excluding tert-OH is 1. The number of anilines is 1. The van der Waals surface area contributed by atoms with Gasteiger partial charge in [-0.1, -0.05) is 0 Å². The second-order valence-corrected chi connectivity index (χ2v) is 7.87. The molecule has 12 heteroatoms. The number of nitrogens with one attached hydrogen (secondary N) is 2. The number of aliphatic hydroxyl groups is 1. The van der Waals surface area contributed by atoms with Gasteiger partial charge in [-0.2, -0.15) is 5.48 Å². The molecule has 0 bridgehead atoms. The van der Waals surface area contributed by atoms with Crippen molar-refractivity contribution in [2.24, 2.45) is 0 Å². The SMILES string of the molecule is O=C(Nc1ccc(S(=O)(=O)CC(CO)NO)cc1)c1ccc(OC(F)(F)F)cc1. The number of sulfone groups is 1. The number of carbonyl (C=O) groups excluding carboxylic acids is 1. The highest BCUT2D eigenvalue weighted by Gasteiger charge is 2.31. The highest BCUT2D eigenvalue weighted by Crippen LogP contribution is 2.23. The van der Waals surface area contributed by atoms with Crippen LogP contribution >= 0.6 is 0 Å². The quantitative estimate of drug-likeness (QED) is 0.468. The van der Waals surface area contributed by atoms with E-state index in [0.717, 1.165) is 24.3 Å². The van der Waals surface area contributed by atoms with Gasteiger partial charge in [0.25, 0.3) is 5.91 Å². The summed E-state index contributed by atoms with van der Waals surface area (Å²) >= 11 is 0. The van der Waals surface area contributed by atoms with Crippen LogP contribution in [-0.4, -0.2) is 49.4 Å². The largest absolute Gasteiger partial charge is 0.573 e. The van der Waals surface area contributed by atoms with Gasteiger partial charge in [0.15, 0.2) is 9.84 Å². The van der Waals surface area contributed by atoms with Crippen LogP contribution in [-0.2, 0) is 9.84 Å². The molecule has 0 saturated heterocycles. The number of alkyl halides is 3. The average molecular weight is 434 g/mol. The molecule has 1 unspecified atom stereocenters. The van der Waals surface area contributed by atoms with Crippen molar-refractivity contribution in [2.75, 3.05) is 17.7 Å². The van der Waals surface area contributed by atoms with Crippen molar-refractivity contribution < 1.29 is 41.4 Å². The Hall–Kier alpha value is -2.67. The van der Waals surface area contributed by atoms with E-state index in [0.29, 0.717) is 0 Å². The molecule has 0 aliphatic rings. The molecular weight excluding hydrogens is 417 g/mol. The van der Waals surface area contributed by atoms with Gasteiger partial charge in [-0.15, -0.1) is 13.2 Å². The van der Waals surface area contributed by atoms with Crippen molar-refractivity contribution >= 4 is 21.4 Å². The van der Waals surface area contributed by atoms with Gasteiger partial charge in [0.2, 0.25) is 0 Å². The van der Waals surface area contributed by atoms with Crippen LogP contribution in [0.15, 0.2) is 53.4 Å². The zero-order chi connectivity index (χ0) is 21.7. The third-order valence-electron chi connectivity index (χ3n) is 3.64. The summed E-state index contributed by atoms with van der Waals surface area (Å²) in [6.45, 7) is -0.587. The normalized spacial score (nSPS) is 13.0. The number of hydrogen-bond acceptors (Lipinski definition) is 7. The molecule has 2 aromatic rings. The molecular formula is C17H17F3N2O6S. The average Bonchev–Trinajstić information content (AvgIpc) is 2.66. The van der Waals surface area contributed by atoms with Crippen molar-refractivity contribution in [2.45, 2.75) is 17.3 Å². The van der Waals surface area contributed by atoms with Crippen LogP contribution in [0.2, 0.25) is 0 Å². The van der Waals surface area contributed by atoms with Gasteiger partial charge in [0.1, 0.15) is 5.75 Å². The molecule has 8 nitrogen and oxygen atoms in total. The molecule has 0 aromatic heterocycles. The predicted molar refractivity (Wildman–Crippen MR) is 95.4 cm³/mol. The lowest BCUT2D eigenvalue weighted by Crippen LogP contribution is -2.36. The van der Waals surface area contributed by atoms with Gasteiger partial charge in [-0.3, -0.25) is 4.79 Å². The van der Waals surface area contributed by atoms with E-state index in [4.69, 9.17) is 10.3 Å². The Bertz CT molecular complexity index is 927. The number of rotatable bonds is 8. The van der Waals surface area contributed by atoms with Crippen LogP contribution in [0, 0.1) is 0 Å². The Morgan fingerprint density at radius 1 is 1.07 bits per heavy atom. The summed E-state index contributed by atoms with van der Waals surface area (Å²) in [5.41, 5.74) is 2.01. The molecule has 0 saturated carbocycles. The fourth-order valence-corrected chi connectivity index (χ4v) is 3.70. The van der Waals surface area contributed by atoms with Crippen molar-refractivity contribution in [3.05, 3.63) is 54.1 Å². The highest BCUT2D eigenvalue weighted by atomic mass is 32.2. The number of hydroxylamine groups is 1. The zero-order valence-electron chi connectivity index (χ0n) is 14.7. The molecule has 0 fully saturated rings. The zero-order valence-corrected chi connectivity index (χ0v) is 15.5. The fourth-order valence-electron chi connectivity index (χ4n) is 2.25. The lowest BCUT2D eigenvalue weighted by molar-refractivity contribution is -0.274. The minimum atomic E-state index is -4.84. The summed E-state index contributed by atoms with van der Waals surface area (Å²) in [7, 11) is -3.80. The molecule has 0 radical (unpaired) electrons. The molecule has 2 aromatic carbocycles. The maximum atomic E-state index is 12.2. The van der Waals surface area contributed by atoms with Gasteiger partial charge in [0, 0.05) is 11.3 Å². The van der Waals surface area contributed by atoms with Gasteiger partial charge < -0.3 is 20.4 Å². The Labute approximate surface area is 163 Å². The molecule has 1 atom stereocenters. The van der Waals surface area contributed by atoms with E-state index in [-0.39, 0.29) is 16.1 Å². The standard InChI is InChI=1S/C17H17F3N2O6S/c18-17(19,20)28-14-5-1-11(2-6-14)16(24)21-12-3-7-15(8-4-12)29(26,27)10-13(9-23)22-25/h1-8,13,22-23,25H,9-10H2,(H,21,24). The monoisotopic (exact) mass is 434 g/mol. The Kier molecular flexibility index (Phi) is 7.19. The maximum absolute atomic E-state index is 12.2. The van der Waals surface area contributed by atoms with E-state index in [1.807, 2.05) is 0 Å². The highest BCUT2D eigenvalue weighted by molar-refractivity contribution is 7.91. The van der Waals surface area contributed by atoms with E-state index in [1.165, 1.54) is 24.3 Å². The molecule has 0 aliphatic carbocycles. The second kappa shape index (κ2) is 9.22. The van der Waals surface area contributed by atoms with Gasteiger partial charge in [-0.05, 0) is 48.5 Å². The summed E-state index contributed by atoms with van der Waals surface area (Å²) in [6.07, 6.45) is -4.84. The van der Waals surface area contributed by atoms with Crippen molar-refractivity contribution in [1.82, 2.24) is 5.48 Å². The third-order valence-corrected chi connectivity index (χ3v) is 5.48. The summed E-state index contributed by atoms with van der Waals surface area (Å²) in [5.74, 6) is -1.64. The number of halogens is 3. The Morgan fingerprint density at radius 3 is 2.14 bits per heavy atom. The molecule has 158 valence electrons. The van der Waals surface area contributed by atoms with Crippen LogP contribution in [0.1, 0.15) is 10.4 Å². The van der Waals surface area contributed by atoms with E-state index in [1.54, 1.807) is 5.48 Å². The fraction of sp³-hybridized carbons (Fsp3) is 0.235. The van der Waals surface area contributed by atoms with Crippen LogP contribution in [0.3, 0.4) is 0 Å². The Morgan fingerprint density at radius 2 is 1.66 bits per heavy atom. The topological polar surface area (TPSA) is 125 Å². The summed E-state index contributed by atoms with van der Waals surface area (Å²) in [5, 5.41) is 20.2. The van der Waals surface area contributed by atoms with E-state index >= 15 is 0 Å². The van der Waals surface area contributed by atoms with Gasteiger partial charge in [0.05, 0.1) is 23.3 Å². The van der Waals surface area contributed by atoms with Crippen molar-refractivity contribution in [1.29, 1.82) is 0 Å². The van der Waals surface area contributed by atoms with E-state index in [2.05, 4.69) is 10.1 Å². The van der Waals surface area contributed by atoms with Gasteiger partial charge >= 0.3 is 6.36 Å². The smallest absolute Gasteiger partial charge is 0.406 e. The molecule has 29 heavy (non-hydrogen) atoms. The van der Waals surface area contributed by atoms with Crippen LogP contribution in [0.4, 0.5) is 18.9 Å². The molecule has 0 heterocycles. The summed E-state index contributed by atoms with van der Waals surface area (Å²) < 4.78 is 64.6. The Balaban J connectivity index is 2.04. The lowest BCUT2D eigenvalue weighted by atomic mass is 10.2. The molecule has 2 rings (SSSR count). The predicted octanol–water partition coefficient (Wildman–Crippen LogP) is 1.95. The minimum absolute atomic E-state index is 0.0658. The number of carbonyl (C=O) groups is 1. The van der Waals surface area contributed by atoms with Gasteiger partial charge in [-0.25, -0.2) is 8.42 Å². The molecule has 1 amide bonds. The first-order valence-corrected chi connectivity index (χ1v) is 9.70. The molecule has 0 aliphatic heterocycles. The molecule has 4 N–H and O–H groups in total. The van der Waals surface area contributed by atoms with E-state index < -0.39 is 46.3 Å². The summed E-state index contributed by atoms with van der Waals surface area (Å²) in [4.78, 5) is 12.1.